The molecule has 0 saturated heterocycles. The van der Waals surface area contributed by atoms with Gasteiger partial charge in [0.1, 0.15) is 40.6 Å². The predicted molar refractivity (Wildman–Crippen MR) is 112 cm³/mol. The molecule has 4 aromatic rings. The molecule has 0 amide bonds. The van der Waals surface area contributed by atoms with Crippen LogP contribution in [0.15, 0.2) is 27.8 Å². The summed E-state index contributed by atoms with van der Waals surface area (Å²) in [5.41, 5.74) is -0.710. The van der Waals surface area contributed by atoms with Gasteiger partial charge >= 0.3 is 0 Å². The Morgan fingerprint density at radius 1 is 1.34 bits per heavy atom. The molecule has 0 radical (unpaired) electrons. The predicted octanol–water partition coefficient (Wildman–Crippen LogP) is 3.44. The van der Waals surface area contributed by atoms with E-state index in [0.29, 0.717) is 24.8 Å². The normalized spacial score (nSPS) is 16.6. The molecular formula is C22H21FN6O3. The van der Waals surface area contributed by atoms with Gasteiger partial charge in [0.05, 0.1) is 11.0 Å². The second-order valence-electron chi connectivity index (χ2n) is 8.31. The molecule has 1 aliphatic carbocycles. The van der Waals surface area contributed by atoms with Crippen molar-refractivity contribution in [3.05, 3.63) is 46.1 Å². The van der Waals surface area contributed by atoms with E-state index >= 15 is 0 Å². The summed E-state index contributed by atoms with van der Waals surface area (Å²) in [4.78, 5) is 22.3. The van der Waals surface area contributed by atoms with E-state index in [9.17, 15) is 19.6 Å². The molecule has 10 heteroatoms. The fourth-order valence-corrected chi connectivity index (χ4v) is 4.50. The fraction of sp³-hybridized carbons (Fsp3) is 0.409. The second-order valence-corrected chi connectivity index (χ2v) is 8.31. The molecule has 1 aliphatic rings. The van der Waals surface area contributed by atoms with E-state index in [1.54, 1.807) is 0 Å². The molecule has 1 saturated carbocycles. The Kier molecular flexibility index (Phi) is 4.60. The number of hydrogen-bond donors (Lipinski definition) is 1. The van der Waals surface area contributed by atoms with Gasteiger partial charge in [-0.2, -0.15) is 10.2 Å². The minimum atomic E-state index is -1.16. The summed E-state index contributed by atoms with van der Waals surface area (Å²) in [5, 5.41) is 24.3. The molecule has 1 N–H and O–H groups in total. The summed E-state index contributed by atoms with van der Waals surface area (Å²) in [6, 6.07) is 4.31. The number of hydrogen-bond acceptors (Lipinski definition) is 7. The minimum absolute atomic E-state index is 0.0950. The quantitative estimate of drug-likeness (QED) is 0.520. The molecule has 0 spiro atoms. The molecule has 1 atom stereocenters. The Balaban J connectivity index is 1.82. The Hall–Kier alpha value is -3.58. The van der Waals surface area contributed by atoms with Crippen molar-refractivity contribution in [1.29, 1.82) is 5.26 Å². The maximum Gasteiger partial charge on any atom is 0.278 e. The monoisotopic (exact) mass is 436 g/mol. The van der Waals surface area contributed by atoms with Crippen molar-refractivity contribution >= 4 is 16.6 Å². The van der Waals surface area contributed by atoms with E-state index in [2.05, 4.69) is 15.1 Å². The van der Waals surface area contributed by atoms with Gasteiger partial charge in [-0.05, 0) is 51.2 Å². The highest BCUT2D eigenvalue weighted by atomic mass is 19.1. The fourth-order valence-electron chi connectivity index (χ4n) is 4.50. The topological polar surface area (TPSA) is 122 Å². The van der Waals surface area contributed by atoms with Crippen LogP contribution >= 0.6 is 0 Å². The van der Waals surface area contributed by atoms with Crippen LogP contribution in [0.5, 0.6) is 0 Å². The Morgan fingerprint density at radius 3 is 2.78 bits per heavy atom. The van der Waals surface area contributed by atoms with E-state index in [1.807, 2.05) is 19.9 Å². The van der Waals surface area contributed by atoms with E-state index in [-0.39, 0.29) is 40.0 Å². The Morgan fingerprint density at radius 2 is 2.09 bits per heavy atom. The molecule has 1 fully saturated rings. The van der Waals surface area contributed by atoms with Gasteiger partial charge in [-0.15, -0.1) is 0 Å². The summed E-state index contributed by atoms with van der Waals surface area (Å²) in [5.74, 6) is -0.482. The zero-order chi connectivity index (χ0) is 22.6. The number of nitrogens with zero attached hydrogens (tertiary/aromatic N) is 6. The number of imidazole rings is 1. The molecule has 5 rings (SSSR count). The number of aromatic nitrogens is 5. The van der Waals surface area contributed by atoms with Gasteiger partial charge in [0.25, 0.3) is 11.4 Å². The molecule has 3 aromatic heterocycles. The van der Waals surface area contributed by atoms with Crippen molar-refractivity contribution in [3.63, 3.8) is 0 Å². The SMILES string of the molecule is CCC(C)n1c(=O)c2c(-c3noc(C4(O)CCCC4)n3)ncn2c2ccc(F)c(C#N)c21. The van der Waals surface area contributed by atoms with Gasteiger partial charge in [0.2, 0.25) is 5.82 Å². The molecule has 0 aliphatic heterocycles. The highest BCUT2D eigenvalue weighted by Gasteiger charge is 2.39. The lowest BCUT2D eigenvalue weighted by atomic mass is 10.0. The number of aliphatic hydroxyl groups is 1. The molecule has 164 valence electrons. The van der Waals surface area contributed by atoms with Gasteiger partial charge in [0.15, 0.2) is 0 Å². The second kappa shape index (κ2) is 7.24. The first kappa shape index (κ1) is 20.3. The van der Waals surface area contributed by atoms with Crippen LogP contribution in [0.1, 0.15) is 63.4 Å². The van der Waals surface area contributed by atoms with Crippen LogP contribution in [0.3, 0.4) is 0 Å². The van der Waals surface area contributed by atoms with Crippen molar-refractivity contribution in [2.24, 2.45) is 0 Å². The Labute approximate surface area is 181 Å². The third-order valence-corrected chi connectivity index (χ3v) is 6.41. The first-order chi connectivity index (χ1) is 15.4. The number of benzene rings is 1. The average molecular weight is 436 g/mol. The van der Waals surface area contributed by atoms with Crippen LogP contribution in [-0.2, 0) is 5.60 Å². The summed E-state index contributed by atoms with van der Waals surface area (Å²) in [6.07, 6.45) is 4.82. The van der Waals surface area contributed by atoms with Crippen LogP contribution in [-0.4, -0.2) is 29.2 Å². The van der Waals surface area contributed by atoms with Crippen LogP contribution in [0.2, 0.25) is 0 Å². The maximum absolute atomic E-state index is 14.4. The highest BCUT2D eigenvalue weighted by Crippen LogP contribution is 2.38. The largest absolute Gasteiger partial charge is 0.380 e. The summed E-state index contributed by atoms with van der Waals surface area (Å²) < 4.78 is 22.7. The van der Waals surface area contributed by atoms with Gasteiger partial charge in [-0.3, -0.25) is 9.20 Å². The van der Waals surface area contributed by atoms with Crippen molar-refractivity contribution in [2.45, 2.75) is 57.6 Å². The lowest BCUT2D eigenvalue weighted by molar-refractivity contribution is 0.0112. The van der Waals surface area contributed by atoms with Crippen molar-refractivity contribution in [1.82, 2.24) is 24.1 Å². The lowest BCUT2D eigenvalue weighted by Crippen LogP contribution is -2.26. The van der Waals surface area contributed by atoms with Crippen molar-refractivity contribution in [3.8, 4) is 17.6 Å². The lowest BCUT2D eigenvalue weighted by Gasteiger charge is -2.18. The number of fused-ring (bicyclic) bond motifs is 3. The summed E-state index contributed by atoms with van der Waals surface area (Å²) in [6.45, 7) is 3.74. The zero-order valence-corrected chi connectivity index (χ0v) is 17.7. The van der Waals surface area contributed by atoms with E-state index in [1.165, 1.54) is 27.4 Å². The minimum Gasteiger partial charge on any atom is -0.380 e. The molecule has 1 aromatic carbocycles. The van der Waals surface area contributed by atoms with Crippen LogP contribution in [0, 0.1) is 17.1 Å². The van der Waals surface area contributed by atoms with E-state index < -0.39 is 17.0 Å². The van der Waals surface area contributed by atoms with Crippen LogP contribution in [0.25, 0.3) is 28.1 Å². The van der Waals surface area contributed by atoms with E-state index in [4.69, 9.17) is 4.52 Å². The first-order valence-corrected chi connectivity index (χ1v) is 10.6. The number of nitriles is 1. The van der Waals surface area contributed by atoms with Gasteiger partial charge in [0, 0.05) is 6.04 Å². The molecular weight excluding hydrogens is 415 g/mol. The smallest absolute Gasteiger partial charge is 0.278 e. The van der Waals surface area contributed by atoms with E-state index in [0.717, 1.165) is 12.8 Å². The maximum atomic E-state index is 14.4. The standard InChI is InChI=1S/C22H21FN6O3/c1-3-12(2)29-17-13(10-24)14(23)6-7-15(17)28-11-25-16(18(28)20(29)30)19-26-21(32-27-19)22(31)8-4-5-9-22/h6-7,11-12,31H,3-5,8-9H2,1-2H3. The molecule has 9 nitrogen and oxygen atoms in total. The molecule has 3 heterocycles. The van der Waals surface area contributed by atoms with Gasteiger partial charge < -0.3 is 14.2 Å². The summed E-state index contributed by atoms with van der Waals surface area (Å²) in [7, 11) is 0. The average Bonchev–Trinajstić information content (AvgIpc) is 3.53. The number of halogens is 1. The first-order valence-electron chi connectivity index (χ1n) is 10.6. The van der Waals surface area contributed by atoms with Crippen molar-refractivity contribution < 1.29 is 14.0 Å². The van der Waals surface area contributed by atoms with Crippen LogP contribution < -0.4 is 5.56 Å². The highest BCUT2D eigenvalue weighted by molar-refractivity contribution is 5.87. The molecule has 1 unspecified atom stereocenters. The summed E-state index contributed by atoms with van der Waals surface area (Å²) >= 11 is 0. The molecule has 32 heavy (non-hydrogen) atoms. The van der Waals surface area contributed by atoms with Gasteiger partial charge in [-0.1, -0.05) is 12.1 Å². The van der Waals surface area contributed by atoms with Crippen LogP contribution in [0.4, 0.5) is 4.39 Å². The Bertz CT molecular complexity index is 1450. The number of rotatable bonds is 4. The molecule has 0 bridgehead atoms. The van der Waals surface area contributed by atoms with Crippen molar-refractivity contribution in [2.75, 3.05) is 0 Å². The van der Waals surface area contributed by atoms with Gasteiger partial charge in [-0.25, -0.2) is 9.37 Å². The zero-order valence-electron chi connectivity index (χ0n) is 17.7. The third-order valence-electron chi connectivity index (χ3n) is 6.41. The third kappa shape index (κ3) is 2.78.